The highest BCUT2D eigenvalue weighted by Gasteiger charge is 2.31. The Labute approximate surface area is 98.7 Å². The smallest absolute Gasteiger partial charge is 0.339 e. The molecule has 1 aliphatic carbocycles. The first-order chi connectivity index (χ1) is 8.15. The molecule has 5 nitrogen and oxygen atoms in total. The molecule has 1 saturated carbocycles. The molecule has 5 heteroatoms. The quantitative estimate of drug-likeness (QED) is 0.739. The second-order valence-electron chi connectivity index (χ2n) is 3.96. The predicted molar refractivity (Wildman–Crippen MR) is 59.1 cm³/mol. The number of hydrogen-bond acceptors (Lipinski definition) is 5. The van der Waals surface area contributed by atoms with Crippen molar-refractivity contribution in [2.75, 3.05) is 14.2 Å². The molecule has 0 atom stereocenters. The molecule has 0 spiro atoms. The Morgan fingerprint density at radius 3 is 2.65 bits per heavy atom. The molecular weight excluding hydrogens is 222 g/mol. The van der Waals surface area contributed by atoms with Crippen molar-refractivity contribution in [3.8, 4) is 5.88 Å². The minimum Gasteiger partial charge on any atom is -0.481 e. The van der Waals surface area contributed by atoms with Gasteiger partial charge in [0.15, 0.2) is 0 Å². The molecule has 1 aliphatic rings. The highest BCUT2D eigenvalue weighted by Crippen LogP contribution is 2.38. The fourth-order valence-corrected chi connectivity index (χ4v) is 1.87. The molecule has 0 unspecified atom stereocenters. The number of pyridine rings is 1. The number of carbonyl (C=O) groups excluding carboxylic acids is 2. The molecule has 90 valence electrons. The van der Waals surface area contributed by atoms with Gasteiger partial charge in [-0.1, -0.05) is 0 Å². The summed E-state index contributed by atoms with van der Waals surface area (Å²) in [6.45, 7) is 0. The molecule has 1 aromatic rings. The lowest BCUT2D eigenvalue weighted by Crippen LogP contribution is -2.22. The van der Waals surface area contributed by atoms with Crippen molar-refractivity contribution in [3.05, 3.63) is 23.4 Å². The maximum Gasteiger partial charge on any atom is 0.339 e. The van der Waals surface area contributed by atoms with Crippen molar-refractivity contribution < 1.29 is 19.1 Å². The summed E-state index contributed by atoms with van der Waals surface area (Å²) < 4.78 is 9.76. The van der Waals surface area contributed by atoms with E-state index in [0.717, 1.165) is 5.56 Å². The number of aromatic nitrogens is 1. The Balaban J connectivity index is 2.33. The number of nitrogens with zero attached hydrogens (tertiary/aromatic N) is 1. The van der Waals surface area contributed by atoms with Crippen LogP contribution >= 0.6 is 0 Å². The van der Waals surface area contributed by atoms with Crippen LogP contribution in [0.25, 0.3) is 0 Å². The summed E-state index contributed by atoms with van der Waals surface area (Å²) in [5.74, 6) is 0.359. The molecule has 1 fully saturated rings. The zero-order valence-electron chi connectivity index (χ0n) is 9.73. The van der Waals surface area contributed by atoms with E-state index in [2.05, 4.69) is 9.72 Å². The molecule has 1 aromatic heterocycles. The van der Waals surface area contributed by atoms with E-state index in [-0.39, 0.29) is 11.7 Å². The first-order valence-corrected chi connectivity index (χ1v) is 5.29. The van der Waals surface area contributed by atoms with Gasteiger partial charge in [0.2, 0.25) is 5.88 Å². The minimum absolute atomic E-state index is 0.106. The number of Topliss-reactive ketones (excluding diaryl/α,β-unsaturated/α-hetero) is 1. The number of ether oxygens (including phenoxy) is 2. The Hall–Kier alpha value is -1.91. The first kappa shape index (κ1) is 11.6. The minimum atomic E-state index is -0.438. The largest absolute Gasteiger partial charge is 0.481 e. The van der Waals surface area contributed by atoms with Crippen LogP contribution in [0.2, 0.25) is 0 Å². The molecule has 0 radical (unpaired) electrons. The van der Waals surface area contributed by atoms with E-state index in [1.165, 1.54) is 20.4 Å². The second-order valence-corrected chi connectivity index (χ2v) is 3.96. The van der Waals surface area contributed by atoms with Gasteiger partial charge in [0.05, 0.1) is 19.8 Å². The van der Waals surface area contributed by atoms with Crippen molar-refractivity contribution in [3.63, 3.8) is 0 Å². The molecule has 17 heavy (non-hydrogen) atoms. The van der Waals surface area contributed by atoms with Crippen LogP contribution in [0.3, 0.4) is 0 Å². The van der Waals surface area contributed by atoms with Crippen LogP contribution in [-0.4, -0.2) is 31.0 Å². The van der Waals surface area contributed by atoms with Gasteiger partial charge in [-0.2, -0.15) is 0 Å². The van der Waals surface area contributed by atoms with Crippen LogP contribution in [0, 0.1) is 0 Å². The SMILES string of the molecule is COC(=O)c1cnc(OC)c(C2CC(=O)C2)c1. The maximum atomic E-state index is 11.4. The zero-order chi connectivity index (χ0) is 12.4. The van der Waals surface area contributed by atoms with Gasteiger partial charge in [0, 0.05) is 30.5 Å². The Kier molecular flexibility index (Phi) is 3.08. The Morgan fingerprint density at radius 1 is 1.41 bits per heavy atom. The van der Waals surface area contributed by atoms with E-state index in [9.17, 15) is 9.59 Å². The molecule has 0 aliphatic heterocycles. The number of esters is 1. The summed E-state index contributed by atoms with van der Waals surface area (Å²) in [7, 11) is 2.84. The summed E-state index contributed by atoms with van der Waals surface area (Å²) in [5.41, 5.74) is 1.18. The lowest BCUT2D eigenvalue weighted by molar-refractivity contribution is -0.124. The number of methoxy groups -OCH3 is 2. The van der Waals surface area contributed by atoms with Gasteiger partial charge in [0.25, 0.3) is 0 Å². The first-order valence-electron chi connectivity index (χ1n) is 5.29. The van der Waals surface area contributed by atoms with Crippen LogP contribution in [-0.2, 0) is 9.53 Å². The second kappa shape index (κ2) is 4.53. The summed E-state index contributed by atoms with van der Waals surface area (Å²) in [4.78, 5) is 26.5. The third-order valence-corrected chi connectivity index (χ3v) is 2.88. The molecule has 1 heterocycles. The normalized spacial score (nSPS) is 15.3. The van der Waals surface area contributed by atoms with Crippen LogP contribution in [0.5, 0.6) is 5.88 Å². The predicted octanol–water partition coefficient (Wildman–Crippen LogP) is 1.32. The summed E-state index contributed by atoms with van der Waals surface area (Å²) in [6, 6.07) is 1.69. The number of carbonyl (C=O) groups is 2. The lowest BCUT2D eigenvalue weighted by Gasteiger charge is -2.25. The molecule has 2 rings (SSSR count). The molecule has 0 bridgehead atoms. The van der Waals surface area contributed by atoms with Crippen LogP contribution in [0.15, 0.2) is 12.3 Å². The van der Waals surface area contributed by atoms with E-state index in [1.54, 1.807) is 6.07 Å². The lowest BCUT2D eigenvalue weighted by atomic mass is 9.79. The van der Waals surface area contributed by atoms with Gasteiger partial charge in [-0.15, -0.1) is 0 Å². The van der Waals surface area contributed by atoms with Gasteiger partial charge >= 0.3 is 5.97 Å². The number of ketones is 1. The van der Waals surface area contributed by atoms with Gasteiger partial charge < -0.3 is 9.47 Å². The molecule has 0 aromatic carbocycles. The van der Waals surface area contributed by atoms with Crippen molar-refractivity contribution in [2.24, 2.45) is 0 Å². The van der Waals surface area contributed by atoms with E-state index < -0.39 is 5.97 Å². The fourth-order valence-electron chi connectivity index (χ4n) is 1.87. The monoisotopic (exact) mass is 235 g/mol. The summed E-state index contributed by atoms with van der Waals surface area (Å²) >= 11 is 0. The van der Waals surface area contributed by atoms with Gasteiger partial charge in [-0.25, -0.2) is 9.78 Å². The van der Waals surface area contributed by atoms with E-state index in [0.29, 0.717) is 24.3 Å². The zero-order valence-corrected chi connectivity index (χ0v) is 9.73. The molecule has 0 amide bonds. The topological polar surface area (TPSA) is 65.5 Å². The van der Waals surface area contributed by atoms with Crippen LogP contribution in [0.1, 0.15) is 34.7 Å². The molecule has 0 saturated heterocycles. The van der Waals surface area contributed by atoms with E-state index >= 15 is 0 Å². The third kappa shape index (κ3) is 2.13. The fraction of sp³-hybridized carbons (Fsp3) is 0.417. The summed E-state index contributed by atoms with van der Waals surface area (Å²) in [5, 5.41) is 0. The van der Waals surface area contributed by atoms with Crippen LogP contribution in [0.4, 0.5) is 0 Å². The van der Waals surface area contributed by atoms with Crippen molar-refractivity contribution in [1.82, 2.24) is 4.98 Å². The average molecular weight is 235 g/mol. The third-order valence-electron chi connectivity index (χ3n) is 2.88. The highest BCUT2D eigenvalue weighted by molar-refractivity contribution is 5.90. The van der Waals surface area contributed by atoms with Crippen molar-refractivity contribution in [1.29, 1.82) is 0 Å². The summed E-state index contributed by atoms with van der Waals surface area (Å²) in [6.07, 6.45) is 2.39. The van der Waals surface area contributed by atoms with Crippen LogP contribution < -0.4 is 4.74 Å². The highest BCUT2D eigenvalue weighted by atomic mass is 16.5. The molecule has 0 N–H and O–H groups in total. The van der Waals surface area contributed by atoms with Gasteiger partial charge in [-0.05, 0) is 6.07 Å². The number of hydrogen-bond donors (Lipinski definition) is 0. The average Bonchev–Trinajstić information content (AvgIpc) is 2.33. The van der Waals surface area contributed by atoms with E-state index in [1.807, 2.05) is 0 Å². The van der Waals surface area contributed by atoms with Crippen molar-refractivity contribution >= 4 is 11.8 Å². The van der Waals surface area contributed by atoms with Gasteiger partial charge in [-0.3, -0.25) is 4.79 Å². The maximum absolute atomic E-state index is 11.4. The number of rotatable bonds is 3. The Bertz CT molecular complexity index is 462. The standard InChI is InChI=1S/C12H13NO4/c1-16-11-10(7-3-9(14)4-7)5-8(6-13-11)12(15)17-2/h5-7H,3-4H2,1-2H3. The molecular formula is C12H13NO4. The Morgan fingerprint density at radius 2 is 2.12 bits per heavy atom. The van der Waals surface area contributed by atoms with Gasteiger partial charge in [0.1, 0.15) is 5.78 Å². The van der Waals surface area contributed by atoms with Crippen molar-refractivity contribution in [2.45, 2.75) is 18.8 Å². The van der Waals surface area contributed by atoms with E-state index in [4.69, 9.17) is 4.74 Å².